The fourth-order valence-electron chi connectivity index (χ4n) is 3.72. The zero-order chi connectivity index (χ0) is 22.4. The van der Waals surface area contributed by atoms with Crippen LogP contribution in [0.3, 0.4) is 0 Å². The second kappa shape index (κ2) is 7.98. The molecule has 31 heavy (non-hydrogen) atoms. The van der Waals surface area contributed by atoms with Crippen molar-refractivity contribution in [3.05, 3.63) is 47.5 Å². The van der Waals surface area contributed by atoms with E-state index in [4.69, 9.17) is 14.2 Å². The Hall–Kier alpha value is -2.89. The van der Waals surface area contributed by atoms with Crippen molar-refractivity contribution in [1.29, 1.82) is 0 Å². The molecule has 2 aromatic carbocycles. The topological polar surface area (TPSA) is 166 Å². The number of carbonyl (C=O) groups is 1. The lowest BCUT2D eigenvalue weighted by Gasteiger charge is -2.42. The molecular weight excluding hydrogens is 412 g/mol. The van der Waals surface area contributed by atoms with Crippen LogP contribution < -0.4 is 4.74 Å². The predicted octanol–water partition coefficient (Wildman–Crippen LogP) is 0.332. The van der Waals surface area contributed by atoms with Crippen LogP contribution in [-0.2, 0) is 9.47 Å². The number of hydrogen-bond donors (Lipinski definition) is 6. The molecule has 10 nitrogen and oxygen atoms in total. The molecule has 1 saturated heterocycles. The van der Waals surface area contributed by atoms with Gasteiger partial charge in [-0.25, -0.2) is 0 Å². The molecule has 4 rings (SSSR count). The van der Waals surface area contributed by atoms with Crippen LogP contribution in [0, 0.1) is 0 Å². The van der Waals surface area contributed by atoms with Crippen molar-refractivity contribution in [3.8, 4) is 23.0 Å². The standard InChI is InChI=1S/C21H22O10/c1-8-15(25)17(27)18(28)21(29-8)31-20-16(26)14-12(24)6-11(23)7-13(14)30-19(20)9-2-4-10(22)5-3-9/h2-8,15,17-25,27-28H,1H3/t8-,15+,17-,18-,19?,20?,21+/m0/s1. The molecule has 10 heteroatoms. The van der Waals surface area contributed by atoms with Gasteiger partial charge in [0.25, 0.3) is 0 Å². The highest BCUT2D eigenvalue weighted by Crippen LogP contribution is 2.43. The molecule has 6 N–H and O–H groups in total. The maximum absolute atomic E-state index is 13.3. The minimum atomic E-state index is -1.66. The smallest absolute Gasteiger partial charge is 0.203 e. The zero-order valence-corrected chi connectivity index (χ0v) is 16.3. The van der Waals surface area contributed by atoms with E-state index >= 15 is 0 Å². The van der Waals surface area contributed by atoms with Crippen LogP contribution in [0.2, 0.25) is 0 Å². The third-order valence-electron chi connectivity index (χ3n) is 5.41. The normalized spacial score (nSPS) is 32.9. The van der Waals surface area contributed by atoms with Crippen molar-refractivity contribution in [3.63, 3.8) is 0 Å². The van der Waals surface area contributed by atoms with Crippen molar-refractivity contribution < 1.29 is 49.6 Å². The lowest BCUT2D eigenvalue weighted by Crippen LogP contribution is -2.59. The largest absolute Gasteiger partial charge is 0.508 e. The molecule has 0 bridgehead atoms. The van der Waals surface area contributed by atoms with Gasteiger partial charge in [0.05, 0.1) is 6.10 Å². The van der Waals surface area contributed by atoms with E-state index < -0.39 is 54.4 Å². The van der Waals surface area contributed by atoms with Gasteiger partial charge in [0.1, 0.15) is 46.9 Å². The van der Waals surface area contributed by atoms with Crippen molar-refractivity contribution in [1.82, 2.24) is 0 Å². The molecule has 2 unspecified atom stereocenters. The molecule has 0 saturated carbocycles. The molecule has 2 heterocycles. The van der Waals surface area contributed by atoms with Crippen LogP contribution in [0.5, 0.6) is 23.0 Å². The van der Waals surface area contributed by atoms with E-state index in [1.165, 1.54) is 37.3 Å². The van der Waals surface area contributed by atoms with Crippen molar-refractivity contribution in [2.24, 2.45) is 0 Å². The molecular formula is C21H22O10. The van der Waals surface area contributed by atoms with E-state index in [0.717, 1.165) is 6.07 Å². The molecule has 166 valence electrons. The predicted molar refractivity (Wildman–Crippen MR) is 103 cm³/mol. The van der Waals surface area contributed by atoms with Gasteiger partial charge < -0.3 is 44.8 Å². The second-order valence-electron chi connectivity index (χ2n) is 7.57. The van der Waals surface area contributed by atoms with Gasteiger partial charge in [0.2, 0.25) is 5.78 Å². The number of benzene rings is 2. The zero-order valence-electron chi connectivity index (χ0n) is 16.3. The van der Waals surface area contributed by atoms with Gasteiger partial charge in [-0.2, -0.15) is 0 Å². The van der Waals surface area contributed by atoms with E-state index in [1.54, 1.807) is 0 Å². The highest BCUT2D eigenvalue weighted by molar-refractivity contribution is 6.05. The van der Waals surface area contributed by atoms with Gasteiger partial charge in [0.15, 0.2) is 18.5 Å². The van der Waals surface area contributed by atoms with Gasteiger partial charge in [-0.15, -0.1) is 0 Å². The van der Waals surface area contributed by atoms with Gasteiger partial charge in [0, 0.05) is 12.1 Å². The average Bonchev–Trinajstić information content (AvgIpc) is 2.72. The van der Waals surface area contributed by atoms with Crippen LogP contribution in [0.1, 0.15) is 28.9 Å². The Kier molecular flexibility index (Phi) is 5.50. The summed E-state index contributed by atoms with van der Waals surface area (Å²) in [6.45, 7) is 1.47. The number of phenolic OH excluding ortho intramolecular Hbond substituents is 3. The Labute approximate surface area is 176 Å². The first-order valence-corrected chi connectivity index (χ1v) is 9.58. The molecule has 1 fully saturated rings. The Bertz CT molecular complexity index is 975. The van der Waals surface area contributed by atoms with Gasteiger partial charge in [-0.1, -0.05) is 12.1 Å². The highest BCUT2D eigenvalue weighted by atomic mass is 16.7. The van der Waals surface area contributed by atoms with E-state index in [-0.39, 0.29) is 22.8 Å². The number of hydrogen-bond acceptors (Lipinski definition) is 10. The number of Topliss-reactive ketones (excluding diaryl/α,β-unsaturated/α-hetero) is 1. The average molecular weight is 434 g/mol. The Balaban J connectivity index is 1.73. The molecule has 2 aromatic rings. The molecule has 0 spiro atoms. The number of aromatic hydroxyl groups is 3. The lowest BCUT2D eigenvalue weighted by molar-refractivity contribution is -0.304. The Morgan fingerprint density at radius 1 is 0.903 bits per heavy atom. The van der Waals surface area contributed by atoms with Crippen LogP contribution in [-0.4, -0.2) is 73.2 Å². The van der Waals surface area contributed by atoms with E-state index in [2.05, 4.69) is 0 Å². The van der Waals surface area contributed by atoms with Crippen molar-refractivity contribution in [2.75, 3.05) is 0 Å². The molecule has 0 aliphatic carbocycles. The van der Waals surface area contributed by atoms with E-state index in [1.807, 2.05) is 0 Å². The van der Waals surface area contributed by atoms with Crippen LogP contribution >= 0.6 is 0 Å². The summed E-state index contributed by atoms with van der Waals surface area (Å²) in [7, 11) is 0. The second-order valence-corrected chi connectivity index (χ2v) is 7.57. The number of ketones is 1. The summed E-state index contributed by atoms with van der Waals surface area (Å²) >= 11 is 0. The van der Waals surface area contributed by atoms with Crippen molar-refractivity contribution >= 4 is 5.78 Å². The maximum Gasteiger partial charge on any atom is 0.203 e. The van der Waals surface area contributed by atoms with Crippen LogP contribution in [0.25, 0.3) is 0 Å². The maximum atomic E-state index is 13.3. The van der Waals surface area contributed by atoms with Gasteiger partial charge >= 0.3 is 0 Å². The first-order chi connectivity index (χ1) is 14.7. The Morgan fingerprint density at radius 2 is 1.58 bits per heavy atom. The SMILES string of the molecule is C[C@@H]1O[C@H](OC2C(=O)c3c(O)cc(O)cc3OC2c2ccc(O)cc2)[C@@H](O)[C@@H](O)[C@@H]1O. The van der Waals surface area contributed by atoms with Crippen LogP contribution in [0.4, 0.5) is 0 Å². The minimum absolute atomic E-state index is 0.0176. The van der Waals surface area contributed by atoms with Crippen LogP contribution in [0.15, 0.2) is 36.4 Å². The number of ether oxygens (including phenoxy) is 3. The molecule has 2 aliphatic rings. The number of rotatable bonds is 3. The molecule has 7 atom stereocenters. The first-order valence-electron chi connectivity index (χ1n) is 9.58. The van der Waals surface area contributed by atoms with E-state index in [0.29, 0.717) is 5.56 Å². The number of phenols is 3. The summed E-state index contributed by atoms with van der Waals surface area (Å²) in [6, 6.07) is 7.90. The van der Waals surface area contributed by atoms with Crippen molar-refractivity contribution in [2.45, 2.75) is 49.8 Å². The van der Waals surface area contributed by atoms with Gasteiger partial charge in [-0.3, -0.25) is 4.79 Å². The molecule has 0 aromatic heterocycles. The summed E-state index contributed by atoms with van der Waals surface area (Å²) < 4.78 is 17.0. The number of carbonyl (C=O) groups excluding carboxylic acids is 1. The van der Waals surface area contributed by atoms with E-state index in [9.17, 15) is 35.4 Å². The highest BCUT2D eigenvalue weighted by Gasteiger charge is 2.48. The number of fused-ring (bicyclic) bond motifs is 1. The summed E-state index contributed by atoms with van der Waals surface area (Å²) in [5.41, 5.74) is 0.195. The third-order valence-corrected chi connectivity index (χ3v) is 5.41. The number of aliphatic hydroxyl groups is 3. The fourth-order valence-corrected chi connectivity index (χ4v) is 3.72. The number of aliphatic hydroxyl groups excluding tert-OH is 3. The minimum Gasteiger partial charge on any atom is -0.508 e. The summed E-state index contributed by atoms with van der Waals surface area (Å²) in [5.74, 6) is -1.64. The molecule has 2 aliphatic heterocycles. The molecule has 0 amide bonds. The van der Waals surface area contributed by atoms with Gasteiger partial charge in [-0.05, 0) is 24.6 Å². The molecule has 0 radical (unpaired) electrons. The summed E-state index contributed by atoms with van der Waals surface area (Å²) in [5, 5.41) is 59.8. The lowest BCUT2D eigenvalue weighted by atomic mass is 9.92. The summed E-state index contributed by atoms with van der Waals surface area (Å²) in [6.07, 6.45) is -9.49. The third kappa shape index (κ3) is 3.80. The Morgan fingerprint density at radius 3 is 2.26 bits per heavy atom. The summed E-state index contributed by atoms with van der Waals surface area (Å²) in [4.78, 5) is 13.3. The fraction of sp³-hybridized carbons (Fsp3) is 0.381. The quantitative estimate of drug-likeness (QED) is 0.396. The monoisotopic (exact) mass is 434 g/mol. The first kappa shape index (κ1) is 21.3.